The van der Waals surface area contributed by atoms with Crippen molar-refractivity contribution in [2.45, 2.75) is 13.8 Å². The van der Waals surface area contributed by atoms with Crippen LogP contribution in [0.3, 0.4) is 0 Å². The Morgan fingerprint density at radius 3 is 2.33 bits per heavy atom. The van der Waals surface area contributed by atoms with Gasteiger partial charge in [-0.05, 0) is 6.07 Å². The lowest BCUT2D eigenvalue weighted by molar-refractivity contribution is 0.0690. The van der Waals surface area contributed by atoms with Crippen molar-refractivity contribution in [3.05, 3.63) is 28.5 Å². The monoisotopic (exact) mass is 230 g/mol. The number of pyridine rings is 1. The molecule has 0 saturated heterocycles. The molecule has 0 radical (unpaired) electrons. The molecule has 1 aromatic rings. The van der Waals surface area contributed by atoms with E-state index < -0.39 is 11.9 Å². The molecule has 0 aromatic carbocycles. The Balaban J connectivity index is 0.000000921. The van der Waals surface area contributed by atoms with Gasteiger partial charge in [-0.1, -0.05) is 25.4 Å². The van der Waals surface area contributed by atoms with Crippen molar-refractivity contribution in [3.63, 3.8) is 0 Å². The first-order valence-corrected chi connectivity index (χ1v) is 4.59. The minimum absolute atomic E-state index is 0.0787. The average Bonchev–Trinajstić information content (AvgIpc) is 2.20. The van der Waals surface area contributed by atoms with Gasteiger partial charge >= 0.3 is 5.97 Å². The number of amides is 1. The number of halogens is 1. The second-order valence-corrected chi connectivity index (χ2v) is 2.63. The van der Waals surface area contributed by atoms with Gasteiger partial charge in [0.05, 0.1) is 10.6 Å². The SMILES string of the molecule is CC.NC(=O)c1cnc(C(=O)O)c(Cl)c1. The fraction of sp³-hybridized carbons (Fsp3) is 0.222. The number of aromatic nitrogens is 1. The van der Waals surface area contributed by atoms with Gasteiger partial charge in [0.15, 0.2) is 5.69 Å². The van der Waals surface area contributed by atoms with Crippen LogP contribution in [-0.4, -0.2) is 22.0 Å². The molecule has 6 heteroatoms. The third kappa shape index (κ3) is 3.55. The van der Waals surface area contributed by atoms with Gasteiger partial charge in [0.1, 0.15) is 0 Å². The number of primary amides is 1. The molecule has 0 bridgehead atoms. The quantitative estimate of drug-likeness (QED) is 0.806. The highest BCUT2D eigenvalue weighted by Gasteiger charge is 2.12. The summed E-state index contributed by atoms with van der Waals surface area (Å²) < 4.78 is 0. The summed E-state index contributed by atoms with van der Waals surface area (Å²) in [6.45, 7) is 4.00. The number of hydrogen-bond acceptors (Lipinski definition) is 3. The maximum atomic E-state index is 10.6. The summed E-state index contributed by atoms with van der Waals surface area (Å²) >= 11 is 5.52. The van der Waals surface area contributed by atoms with Gasteiger partial charge in [0.25, 0.3) is 0 Å². The van der Waals surface area contributed by atoms with Crippen LogP contribution in [0, 0.1) is 0 Å². The minimum atomic E-state index is -1.25. The van der Waals surface area contributed by atoms with Crippen LogP contribution in [0.2, 0.25) is 5.02 Å². The van der Waals surface area contributed by atoms with Crippen LogP contribution < -0.4 is 5.73 Å². The number of nitrogens with two attached hydrogens (primary N) is 1. The number of carboxylic acids is 1. The Kier molecular flexibility index (Phi) is 5.33. The van der Waals surface area contributed by atoms with E-state index in [9.17, 15) is 9.59 Å². The molecule has 1 amide bonds. The highest BCUT2D eigenvalue weighted by molar-refractivity contribution is 6.33. The molecule has 0 aliphatic heterocycles. The molecule has 0 aliphatic rings. The van der Waals surface area contributed by atoms with Gasteiger partial charge in [-0.3, -0.25) is 4.79 Å². The smallest absolute Gasteiger partial charge is 0.356 e. The van der Waals surface area contributed by atoms with Crippen molar-refractivity contribution in [2.75, 3.05) is 0 Å². The lowest BCUT2D eigenvalue weighted by Gasteiger charge is -1.98. The van der Waals surface area contributed by atoms with Crippen LogP contribution in [0.5, 0.6) is 0 Å². The van der Waals surface area contributed by atoms with Crippen molar-refractivity contribution in [1.29, 1.82) is 0 Å². The molecule has 0 atom stereocenters. The summed E-state index contributed by atoms with van der Waals surface area (Å²) in [5, 5.41) is 8.42. The third-order valence-corrected chi connectivity index (χ3v) is 1.62. The second-order valence-electron chi connectivity index (χ2n) is 2.22. The molecule has 3 N–H and O–H groups in total. The maximum Gasteiger partial charge on any atom is 0.356 e. The molecule has 0 aliphatic carbocycles. The van der Waals surface area contributed by atoms with E-state index in [1.807, 2.05) is 13.8 Å². The predicted molar refractivity (Wildman–Crippen MR) is 56.1 cm³/mol. The van der Waals surface area contributed by atoms with Gasteiger partial charge in [-0.15, -0.1) is 0 Å². The van der Waals surface area contributed by atoms with Gasteiger partial charge in [0.2, 0.25) is 5.91 Å². The number of aromatic carboxylic acids is 1. The highest BCUT2D eigenvalue weighted by atomic mass is 35.5. The molecule has 0 fully saturated rings. The first-order valence-electron chi connectivity index (χ1n) is 4.21. The van der Waals surface area contributed by atoms with E-state index in [0.29, 0.717) is 0 Å². The standard InChI is InChI=1S/C7H5ClN2O3.C2H6/c8-4-1-3(6(9)11)2-10-5(4)7(12)13;1-2/h1-2H,(H2,9,11)(H,12,13);1-2H3. The molecule has 0 unspecified atom stereocenters. The lowest BCUT2D eigenvalue weighted by Crippen LogP contribution is -2.12. The Bertz CT molecular complexity index is 380. The van der Waals surface area contributed by atoms with Crippen molar-refractivity contribution in [1.82, 2.24) is 4.98 Å². The normalized spacial score (nSPS) is 8.73. The Labute approximate surface area is 91.9 Å². The maximum absolute atomic E-state index is 10.6. The van der Waals surface area contributed by atoms with Gasteiger partial charge in [-0.2, -0.15) is 0 Å². The number of nitrogens with zero attached hydrogens (tertiary/aromatic N) is 1. The van der Waals surface area contributed by atoms with Gasteiger partial charge < -0.3 is 10.8 Å². The molecule has 82 valence electrons. The van der Waals surface area contributed by atoms with Crippen LogP contribution in [0.25, 0.3) is 0 Å². The van der Waals surface area contributed by atoms with E-state index in [2.05, 4.69) is 4.98 Å². The topological polar surface area (TPSA) is 93.3 Å². The average molecular weight is 231 g/mol. The fourth-order valence-corrected chi connectivity index (χ4v) is 0.977. The summed E-state index contributed by atoms with van der Waals surface area (Å²) in [7, 11) is 0. The highest BCUT2D eigenvalue weighted by Crippen LogP contribution is 2.14. The molecule has 1 aromatic heterocycles. The van der Waals surface area contributed by atoms with Gasteiger partial charge in [0, 0.05) is 6.20 Å². The molecular formula is C9H11ClN2O3. The Hall–Kier alpha value is -1.62. The zero-order valence-electron chi connectivity index (χ0n) is 8.32. The van der Waals surface area contributed by atoms with E-state index in [-0.39, 0.29) is 16.3 Å². The van der Waals surface area contributed by atoms with E-state index >= 15 is 0 Å². The molecule has 0 saturated carbocycles. The van der Waals surface area contributed by atoms with E-state index in [1.165, 1.54) is 6.07 Å². The molecule has 15 heavy (non-hydrogen) atoms. The van der Waals surface area contributed by atoms with Crippen LogP contribution in [0.1, 0.15) is 34.7 Å². The van der Waals surface area contributed by atoms with Crippen LogP contribution in [0.15, 0.2) is 12.3 Å². The number of rotatable bonds is 2. The predicted octanol–water partition coefficient (Wildman–Crippen LogP) is 1.56. The van der Waals surface area contributed by atoms with Crippen molar-refractivity contribution >= 4 is 23.5 Å². The fourth-order valence-electron chi connectivity index (χ4n) is 0.730. The summed E-state index contributed by atoms with van der Waals surface area (Å²) in [5.74, 6) is -1.95. The number of carbonyl (C=O) groups excluding carboxylic acids is 1. The summed E-state index contributed by atoms with van der Waals surface area (Å²) in [6, 6.07) is 1.17. The van der Waals surface area contributed by atoms with Crippen molar-refractivity contribution < 1.29 is 14.7 Å². The van der Waals surface area contributed by atoms with Crippen molar-refractivity contribution in [3.8, 4) is 0 Å². The lowest BCUT2D eigenvalue weighted by atomic mass is 10.2. The third-order valence-electron chi connectivity index (χ3n) is 1.33. The number of carboxylic acid groups (broad SMARTS) is 1. The largest absolute Gasteiger partial charge is 0.476 e. The Morgan fingerprint density at radius 1 is 1.47 bits per heavy atom. The van der Waals surface area contributed by atoms with Crippen LogP contribution in [-0.2, 0) is 0 Å². The molecule has 1 heterocycles. The minimum Gasteiger partial charge on any atom is -0.476 e. The summed E-state index contributed by atoms with van der Waals surface area (Å²) in [6.07, 6.45) is 1.07. The summed E-state index contributed by atoms with van der Waals surface area (Å²) in [4.78, 5) is 24.5. The van der Waals surface area contributed by atoms with Crippen LogP contribution in [0.4, 0.5) is 0 Å². The van der Waals surface area contributed by atoms with Gasteiger partial charge in [-0.25, -0.2) is 9.78 Å². The zero-order valence-corrected chi connectivity index (χ0v) is 9.08. The van der Waals surface area contributed by atoms with E-state index in [4.69, 9.17) is 22.4 Å². The Morgan fingerprint density at radius 2 is 2.00 bits per heavy atom. The molecular weight excluding hydrogens is 220 g/mol. The number of hydrogen-bond donors (Lipinski definition) is 2. The van der Waals surface area contributed by atoms with E-state index in [0.717, 1.165) is 6.20 Å². The van der Waals surface area contributed by atoms with Crippen LogP contribution >= 0.6 is 11.6 Å². The first kappa shape index (κ1) is 13.4. The summed E-state index contributed by atoms with van der Waals surface area (Å²) in [5.41, 5.74) is 4.70. The van der Waals surface area contributed by atoms with Crippen molar-refractivity contribution in [2.24, 2.45) is 5.73 Å². The molecule has 1 rings (SSSR count). The number of carbonyl (C=O) groups is 2. The molecule has 5 nitrogen and oxygen atoms in total. The van der Waals surface area contributed by atoms with E-state index in [1.54, 1.807) is 0 Å². The zero-order chi connectivity index (χ0) is 12.0. The second kappa shape index (κ2) is 5.98. The first-order chi connectivity index (χ1) is 7.02. The molecule has 0 spiro atoms.